The van der Waals surface area contributed by atoms with Crippen molar-refractivity contribution < 1.29 is 20.8 Å². The Kier molecular flexibility index (Phi) is 13.6. The third-order valence-electron chi connectivity index (χ3n) is 12.2. The molecule has 0 nitrogen and oxygen atoms in total. The Hall–Kier alpha value is -3.26. The van der Waals surface area contributed by atoms with E-state index in [4.69, 9.17) is 17.0 Å². The van der Waals surface area contributed by atoms with E-state index in [2.05, 4.69) is 162 Å². The van der Waals surface area contributed by atoms with Crippen LogP contribution in [0.2, 0.25) is 13.1 Å². The van der Waals surface area contributed by atoms with Crippen LogP contribution in [0.3, 0.4) is 0 Å². The summed E-state index contributed by atoms with van der Waals surface area (Å²) in [6.07, 6.45) is 7.13. The Morgan fingerprint density at radius 2 is 0.857 bits per heavy atom. The van der Waals surface area contributed by atoms with Crippen molar-refractivity contribution >= 4 is 69.6 Å². The molecule has 0 aromatic heterocycles. The first-order chi connectivity index (χ1) is 27.3. The van der Waals surface area contributed by atoms with Crippen molar-refractivity contribution in [1.29, 1.82) is 0 Å². The van der Waals surface area contributed by atoms with E-state index in [0.717, 1.165) is 9.52 Å². The monoisotopic (exact) mass is 864 g/mol. The molecule has 0 bridgehead atoms. The van der Waals surface area contributed by atoms with E-state index in [1.807, 2.05) is 0 Å². The van der Waals surface area contributed by atoms with Gasteiger partial charge in [0.05, 0.1) is 0 Å². The number of fused-ring (bicyclic) bond motifs is 2. The molecule has 0 spiro atoms. The Morgan fingerprint density at radius 3 is 1.23 bits per heavy atom. The molecule has 8 aromatic rings. The first-order valence-corrected chi connectivity index (χ1v) is 28.7. The quantitative estimate of drug-likeness (QED) is 0.115. The van der Waals surface area contributed by atoms with Crippen molar-refractivity contribution in [1.82, 2.24) is 0 Å². The molecule has 0 fully saturated rings. The van der Waals surface area contributed by atoms with E-state index < -0.39 is 20.8 Å². The fraction of sp³-hybridized carbons (Fsp3) is 0.269. The molecule has 0 amide bonds. The van der Waals surface area contributed by atoms with Crippen molar-refractivity contribution in [3.8, 4) is 22.3 Å². The predicted octanol–water partition coefficient (Wildman–Crippen LogP) is 16.1. The molecule has 2 atom stereocenters. The Morgan fingerprint density at radius 1 is 0.518 bits per heavy atom. The molecule has 0 heterocycles. The Balaban J connectivity index is 0.000000151. The van der Waals surface area contributed by atoms with Crippen LogP contribution in [0.4, 0.5) is 0 Å². The molecule has 4 heteroatoms. The minimum absolute atomic E-state index is 0.619. The fourth-order valence-corrected chi connectivity index (χ4v) is 8.99. The van der Waals surface area contributed by atoms with Gasteiger partial charge in [0.2, 0.25) is 0 Å². The van der Waals surface area contributed by atoms with Crippen molar-refractivity contribution in [2.24, 2.45) is 0 Å². The molecule has 2 aliphatic rings. The summed E-state index contributed by atoms with van der Waals surface area (Å²) in [5, 5.41) is 11.4. The van der Waals surface area contributed by atoms with Crippen LogP contribution in [0.1, 0.15) is 85.8 Å². The first kappa shape index (κ1) is 40.9. The standard InChI is InChI=1S/2C25H23.C2H6Si.2ClH.Zr/c2*1-3-16(2)20-14-19-7-5-8-21(24(19)15-20)22-13-12-18-11-10-17-6-4-9-23(22)25(17)18;1-3-2;;;/h2*4-9,12-16H,3,10-11H2,1-2H3;1-2H3;2*1H;/q2*-1;;;;+4/p-2. The molecule has 282 valence electrons. The van der Waals surface area contributed by atoms with Crippen LogP contribution < -0.4 is 0 Å². The maximum atomic E-state index is 4.93. The predicted molar refractivity (Wildman–Crippen MR) is 246 cm³/mol. The molecule has 0 saturated heterocycles. The van der Waals surface area contributed by atoms with Gasteiger partial charge in [-0.15, -0.1) is 69.1 Å². The van der Waals surface area contributed by atoms with Gasteiger partial charge in [-0.1, -0.05) is 138 Å². The zero-order valence-corrected chi connectivity index (χ0v) is 38.7. The van der Waals surface area contributed by atoms with Gasteiger partial charge in [-0.05, 0) is 92.4 Å². The van der Waals surface area contributed by atoms with Crippen LogP contribution in [-0.2, 0) is 46.5 Å². The molecule has 2 radical (unpaired) electrons. The molecule has 0 aliphatic heterocycles. The van der Waals surface area contributed by atoms with Gasteiger partial charge in [0.25, 0.3) is 0 Å². The summed E-state index contributed by atoms with van der Waals surface area (Å²) in [7, 11) is 11.0. The molecule has 0 N–H and O–H groups in total. The van der Waals surface area contributed by atoms with Gasteiger partial charge < -0.3 is 0 Å². The van der Waals surface area contributed by atoms with E-state index in [-0.39, 0.29) is 0 Å². The van der Waals surface area contributed by atoms with Gasteiger partial charge in [-0.2, -0.15) is 12.1 Å². The molecular weight excluding hydrogens is 815 g/mol. The van der Waals surface area contributed by atoms with E-state index in [9.17, 15) is 0 Å². The zero-order chi connectivity index (χ0) is 39.3. The van der Waals surface area contributed by atoms with Crippen LogP contribution in [-0.4, -0.2) is 9.52 Å². The number of aryl methyl sites for hydroxylation is 4. The number of hydrogen-bond acceptors (Lipinski definition) is 0. The first-order valence-electron chi connectivity index (χ1n) is 20.4. The summed E-state index contributed by atoms with van der Waals surface area (Å²) < 4.78 is 0. The van der Waals surface area contributed by atoms with E-state index in [1.165, 1.54) is 137 Å². The average Bonchev–Trinajstić information content (AvgIpc) is 4.05. The molecule has 8 aromatic carbocycles. The van der Waals surface area contributed by atoms with E-state index >= 15 is 0 Å². The Labute approximate surface area is 355 Å². The Bertz CT molecular complexity index is 2410. The molecule has 2 unspecified atom stereocenters. The minimum atomic E-state index is -0.826. The average molecular weight is 867 g/mol. The molecule has 0 saturated carbocycles. The fourth-order valence-electron chi connectivity index (χ4n) is 8.99. The third-order valence-corrected chi connectivity index (χ3v) is 12.2. The summed E-state index contributed by atoms with van der Waals surface area (Å²) in [4.78, 5) is 0. The third kappa shape index (κ3) is 8.07. The van der Waals surface area contributed by atoms with Crippen molar-refractivity contribution in [2.45, 2.75) is 91.1 Å². The van der Waals surface area contributed by atoms with Crippen LogP contribution in [0, 0.1) is 0 Å². The van der Waals surface area contributed by atoms with Gasteiger partial charge in [-0.25, -0.2) is 0 Å². The maximum absolute atomic E-state index is 4.93. The van der Waals surface area contributed by atoms with Gasteiger partial charge in [0.1, 0.15) is 0 Å². The number of hydrogen-bond donors (Lipinski definition) is 0. The SMILES string of the molecule is CCC(C)c1cc2c(-c3ccc4c5c(cccc35)CC4)cccc2[cH-]1.CCC(C)c1cc2c(-c3ccc4c5c(cccc35)CC4)cccc2[cH-]1.C[Si]C.[Cl][Zr+2][Cl]. The normalized spacial score (nSPS) is 13.4. The van der Waals surface area contributed by atoms with Crippen LogP contribution >= 0.6 is 17.0 Å². The summed E-state index contributed by atoms with van der Waals surface area (Å²) in [6, 6.07) is 46.2. The van der Waals surface area contributed by atoms with Gasteiger partial charge in [-0.3, -0.25) is 0 Å². The van der Waals surface area contributed by atoms with Crippen molar-refractivity contribution in [2.75, 3.05) is 0 Å². The number of halogens is 2. The van der Waals surface area contributed by atoms with Gasteiger partial charge >= 0.3 is 37.9 Å². The molecule has 10 rings (SSSR count). The van der Waals surface area contributed by atoms with Crippen molar-refractivity contribution in [3.05, 3.63) is 155 Å². The van der Waals surface area contributed by atoms with Crippen LogP contribution in [0.15, 0.2) is 121 Å². The summed E-state index contributed by atoms with van der Waals surface area (Å²) in [5.41, 5.74) is 14.5. The summed E-state index contributed by atoms with van der Waals surface area (Å²) in [6.45, 7) is 13.5. The second-order valence-electron chi connectivity index (χ2n) is 15.6. The molecule has 56 heavy (non-hydrogen) atoms. The second-order valence-corrected chi connectivity index (χ2v) is 20.3. The number of benzene rings is 6. The summed E-state index contributed by atoms with van der Waals surface area (Å²) in [5.74, 6) is 1.24. The number of rotatable bonds is 6. The van der Waals surface area contributed by atoms with Crippen LogP contribution in [0.5, 0.6) is 0 Å². The van der Waals surface area contributed by atoms with Gasteiger partial charge in [0.15, 0.2) is 0 Å². The summed E-state index contributed by atoms with van der Waals surface area (Å²) >= 11 is -0.826. The van der Waals surface area contributed by atoms with Crippen LogP contribution in [0.25, 0.3) is 65.3 Å². The van der Waals surface area contributed by atoms with E-state index in [0.29, 0.717) is 11.8 Å². The van der Waals surface area contributed by atoms with Gasteiger partial charge in [0, 0.05) is 9.52 Å². The van der Waals surface area contributed by atoms with Crippen molar-refractivity contribution in [3.63, 3.8) is 0 Å². The zero-order valence-electron chi connectivity index (χ0n) is 33.7. The molecular formula is C52H52Cl2SiZr. The topological polar surface area (TPSA) is 0 Å². The molecule has 2 aliphatic carbocycles. The second kappa shape index (κ2) is 18.6. The van der Waals surface area contributed by atoms with E-state index in [1.54, 1.807) is 0 Å².